The van der Waals surface area contributed by atoms with Crippen LogP contribution in [0.2, 0.25) is 0 Å². The van der Waals surface area contributed by atoms with Gasteiger partial charge in [0.05, 0.1) is 5.69 Å². The molecule has 0 aliphatic rings. The third-order valence-electron chi connectivity index (χ3n) is 2.94. The molecular weight excluding hydrogens is 252 g/mol. The normalized spacial score (nSPS) is 11.0. The van der Waals surface area contributed by atoms with E-state index in [1.54, 1.807) is 7.11 Å². The van der Waals surface area contributed by atoms with Gasteiger partial charge < -0.3 is 9.72 Å². The van der Waals surface area contributed by atoms with Crippen LogP contribution in [0.4, 0.5) is 0 Å². The first-order valence-corrected chi connectivity index (χ1v) is 6.77. The number of hydrogen-bond acceptors (Lipinski definition) is 3. The van der Waals surface area contributed by atoms with Crippen LogP contribution in [0, 0.1) is 5.92 Å². The molecule has 0 bridgehead atoms. The molecule has 0 radical (unpaired) electrons. The number of aromatic amines is 1. The lowest BCUT2D eigenvalue weighted by Crippen LogP contribution is -2.11. The molecule has 20 heavy (non-hydrogen) atoms. The minimum Gasteiger partial charge on any atom is -0.377 e. The number of H-pyrrole nitrogens is 1. The maximum Gasteiger partial charge on any atom is 0.251 e. The van der Waals surface area contributed by atoms with Gasteiger partial charge in [-0.15, -0.1) is 0 Å². The Kier molecular flexibility index (Phi) is 4.69. The first-order valence-electron chi connectivity index (χ1n) is 6.77. The van der Waals surface area contributed by atoms with Gasteiger partial charge in [0, 0.05) is 18.7 Å². The minimum atomic E-state index is -0.156. The molecule has 0 spiro atoms. The second kappa shape index (κ2) is 6.48. The van der Waals surface area contributed by atoms with Crippen molar-refractivity contribution in [2.75, 3.05) is 7.11 Å². The summed E-state index contributed by atoms with van der Waals surface area (Å²) < 4.78 is 5.02. The zero-order valence-corrected chi connectivity index (χ0v) is 12.1. The van der Waals surface area contributed by atoms with Crippen LogP contribution in [0.3, 0.4) is 0 Å². The Balaban J connectivity index is 2.38. The number of hydrogen-bond donors (Lipinski definition) is 1. The van der Waals surface area contributed by atoms with Crippen molar-refractivity contribution >= 4 is 0 Å². The van der Waals surface area contributed by atoms with Crippen LogP contribution < -0.4 is 5.56 Å². The number of benzene rings is 1. The van der Waals surface area contributed by atoms with Gasteiger partial charge >= 0.3 is 0 Å². The highest BCUT2D eigenvalue weighted by atomic mass is 16.5. The standard InChI is InChI=1S/C16H20N2O2/c1-11(2)7-12-5-4-6-13(8-12)14-9-16(19)18-15(17-14)10-20-3/h4-6,8-9,11H,7,10H2,1-3H3,(H,17,18,19). The molecular formula is C16H20N2O2. The summed E-state index contributed by atoms with van der Waals surface area (Å²) in [6.07, 6.45) is 1.02. The molecule has 0 aliphatic carbocycles. The summed E-state index contributed by atoms with van der Waals surface area (Å²) in [6, 6.07) is 9.70. The largest absolute Gasteiger partial charge is 0.377 e. The van der Waals surface area contributed by atoms with E-state index < -0.39 is 0 Å². The van der Waals surface area contributed by atoms with Gasteiger partial charge in [-0.05, 0) is 24.0 Å². The molecule has 1 aromatic heterocycles. The van der Waals surface area contributed by atoms with Gasteiger partial charge in [-0.25, -0.2) is 4.98 Å². The van der Waals surface area contributed by atoms with Gasteiger partial charge in [-0.2, -0.15) is 0 Å². The highest BCUT2D eigenvalue weighted by molar-refractivity contribution is 5.59. The molecule has 0 saturated carbocycles. The predicted octanol–water partition coefficient (Wildman–Crippen LogP) is 2.78. The summed E-state index contributed by atoms with van der Waals surface area (Å²) in [5.41, 5.74) is 2.75. The van der Waals surface area contributed by atoms with Gasteiger partial charge in [0.1, 0.15) is 12.4 Å². The van der Waals surface area contributed by atoms with E-state index in [2.05, 4.69) is 35.9 Å². The zero-order valence-electron chi connectivity index (χ0n) is 12.1. The number of nitrogens with zero attached hydrogens (tertiary/aromatic N) is 1. The van der Waals surface area contributed by atoms with Crippen molar-refractivity contribution in [3.8, 4) is 11.3 Å². The maximum atomic E-state index is 11.7. The summed E-state index contributed by atoms with van der Waals surface area (Å²) in [6.45, 7) is 4.68. The lowest BCUT2D eigenvalue weighted by molar-refractivity contribution is 0.177. The van der Waals surface area contributed by atoms with E-state index in [1.807, 2.05) is 12.1 Å². The topological polar surface area (TPSA) is 55.0 Å². The SMILES string of the molecule is COCc1nc(-c2cccc(CC(C)C)c2)cc(=O)[nH]1. The Labute approximate surface area is 118 Å². The molecule has 0 unspecified atom stereocenters. The van der Waals surface area contributed by atoms with Gasteiger partial charge in [0.25, 0.3) is 5.56 Å². The zero-order chi connectivity index (χ0) is 14.5. The van der Waals surface area contributed by atoms with Crippen LogP contribution in [-0.4, -0.2) is 17.1 Å². The van der Waals surface area contributed by atoms with Crippen molar-refractivity contribution in [2.24, 2.45) is 5.92 Å². The van der Waals surface area contributed by atoms with Crippen LogP contribution in [0.25, 0.3) is 11.3 Å². The molecule has 0 atom stereocenters. The second-order valence-electron chi connectivity index (χ2n) is 5.31. The van der Waals surface area contributed by atoms with Gasteiger partial charge in [0.2, 0.25) is 0 Å². The molecule has 1 heterocycles. The molecule has 0 amide bonds. The first kappa shape index (κ1) is 14.5. The number of ether oxygens (including phenoxy) is 1. The molecule has 1 N–H and O–H groups in total. The van der Waals surface area contributed by atoms with Crippen molar-refractivity contribution in [1.82, 2.24) is 9.97 Å². The summed E-state index contributed by atoms with van der Waals surface area (Å²) in [5, 5.41) is 0. The van der Waals surface area contributed by atoms with Gasteiger partial charge in [-0.1, -0.05) is 32.0 Å². The Hall–Kier alpha value is -1.94. The summed E-state index contributed by atoms with van der Waals surface area (Å²) in [5.74, 6) is 1.14. The fourth-order valence-corrected chi connectivity index (χ4v) is 2.19. The highest BCUT2D eigenvalue weighted by Crippen LogP contribution is 2.19. The molecule has 4 heteroatoms. The molecule has 2 rings (SSSR count). The third-order valence-corrected chi connectivity index (χ3v) is 2.94. The number of methoxy groups -OCH3 is 1. The summed E-state index contributed by atoms with van der Waals surface area (Å²) in [4.78, 5) is 18.8. The lowest BCUT2D eigenvalue weighted by Gasteiger charge is -2.08. The number of rotatable bonds is 5. The van der Waals surface area contributed by atoms with Crippen molar-refractivity contribution in [3.05, 3.63) is 52.1 Å². The van der Waals surface area contributed by atoms with Crippen LogP contribution in [0.1, 0.15) is 25.2 Å². The van der Waals surface area contributed by atoms with Crippen molar-refractivity contribution < 1.29 is 4.74 Å². The van der Waals surface area contributed by atoms with Gasteiger partial charge in [0.15, 0.2) is 0 Å². The van der Waals surface area contributed by atoms with Crippen LogP contribution in [0.15, 0.2) is 35.1 Å². The fraction of sp³-hybridized carbons (Fsp3) is 0.375. The molecule has 0 fully saturated rings. The van der Waals surface area contributed by atoms with Crippen molar-refractivity contribution in [1.29, 1.82) is 0 Å². The van der Waals surface area contributed by atoms with Crippen molar-refractivity contribution in [3.63, 3.8) is 0 Å². The third kappa shape index (κ3) is 3.78. The fourth-order valence-electron chi connectivity index (χ4n) is 2.19. The van der Waals surface area contributed by atoms with E-state index in [1.165, 1.54) is 11.6 Å². The van der Waals surface area contributed by atoms with E-state index in [0.717, 1.165) is 12.0 Å². The Bertz CT molecular complexity index is 632. The molecule has 0 aliphatic heterocycles. The predicted molar refractivity (Wildman–Crippen MR) is 79.5 cm³/mol. The number of aromatic nitrogens is 2. The van der Waals surface area contributed by atoms with Crippen molar-refractivity contribution in [2.45, 2.75) is 26.9 Å². The lowest BCUT2D eigenvalue weighted by atomic mass is 10.00. The summed E-state index contributed by atoms with van der Waals surface area (Å²) in [7, 11) is 1.58. The quantitative estimate of drug-likeness (QED) is 0.910. The average Bonchev–Trinajstić information content (AvgIpc) is 2.38. The smallest absolute Gasteiger partial charge is 0.251 e. The minimum absolute atomic E-state index is 0.156. The van der Waals surface area contributed by atoms with Crippen LogP contribution in [0.5, 0.6) is 0 Å². The Morgan fingerprint density at radius 2 is 2.10 bits per heavy atom. The molecule has 4 nitrogen and oxygen atoms in total. The average molecular weight is 272 g/mol. The van der Waals surface area contributed by atoms with E-state index in [4.69, 9.17) is 4.74 Å². The van der Waals surface area contributed by atoms with E-state index in [-0.39, 0.29) is 5.56 Å². The molecule has 0 saturated heterocycles. The molecule has 106 valence electrons. The van der Waals surface area contributed by atoms with Gasteiger partial charge in [-0.3, -0.25) is 4.79 Å². The van der Waals surface area contributed by atoms with E-state index in [0.29, 0.717) is 24.0 Å². The maximum absolute atomic E-state index is 11.7. The highest BCUT2D eigenvalue weighted by Gasteiger charge is 2.06. The monoisotopic (exact) mass is 272 g/mol. The second-order valence-corrected chi connectivity index (χ2v) is 5.31. The number of nitrogens with one attached hydrogen (secondary N) is 1. The van der Waals surface area contributed by atoms with Crippen LogP contribution in [-0.2, 0) is 17.8 Å². The molecule has 1 aromatic carbocycles. The van der Waals surface area contributed by atoms with E-state index >= 15 is 0 Å². The Morgan fingerprint density at radius 3 is 2.80 bits per heavy atom. The summed E-state index contributed by atoms with van der Waals surface area (Å²) >= 11 is 0. The van der Waals surface area contributed by atoms with Crippen LogP contribution >= 0.6 is 0 Å². The van der Waals surface area contributed by atoms with E-state index in [9.17, 15) is 4.79 Å². The Morgan fingerprint density at radius 1 is 1.30 bits per heavy atom. The first-order chi connectivity index (χ1) is 9.58. The molecule has 2 aromatic rings.